The molecule has 10 heteroatoms. The molecule has 0 bridgehead atoms. The summed E-state index contributed by atoms with van der Waals surface area (Å²) in [4.78, 5) is 16.7. The zero-order valence-electron chi connectivity index (χ0n) is 17.5. The fraction of sp³-hybridized carbons (Fsp3) is 0.474. The zero-order chi connectivity index (χ0) is 22.1. The van der Waals surface area contributed by atoms with E-state index in [0.29, 0.717) is 16.4 Å². The summed E-state index contributed by atoms with van der Waals surface area (Å²) in [5.41, 5.74) is 7.75. The Morgan fingerprint density at radius 2 is 1.90 bits per heavy atom. The summed E-state index contributed by atoms with van der Waals surface area (Å²) in [6.45, 7) is 11.1. The number of anilines is 2. The van der Waals surface area contributed by atoms with E-state index in [1.807, 2.05) is 39.8 Å². The van der Waals surface area contributed by atoms with Crippen LogP contribution in [0.1, 0.15) is 69.5 Å². The largest absolute Gasteiger partial charge is 0.398 e. The number of hydrogen-bond acceptors (Lipinski definition) is 6. The molecule has 1 heterocycles. The van der Waals surface area contributed by atoms with Gasteiger partial charge in [0.05, 0.1) is 11.9 Å². The standard InChI is InChI=1S/C19H29N5O3S2/c1-10(2)12-7-8-13(20)15(11(3)4)16(12)23-18(25)24-29(21,27)14-9-22-17(28-14)19(5,6)26/h7-11,26H,20H2,1-6H3,(H3,21,23,24,25,27). The Morgan fingerprint density at radius 1 is 1.28 bits per heavy atom. The van der Waals surface area contributed by atoms with Gasteiger partial charge >= 0.3 is 6.03 Å². The number of nitrogen functional groups attached to an aromatic ring is 1. The van der Waals surface area contributed by atoms with E-state index in [0.717, 1.165) is 22.5 Å². The van der Waals surface area contributed by atoms with Gasteiger partial charge in [0, 0.05) is 11.3 Å². The number of thiazole rings is 1. The van der Waals surface area contributed by atoms with Gasteiger partial charge in [0.2, 0.25) is 0 Å². The summed E-state index contributed by atoms with van der Waals surface area (Å²) >= 11 is 0.958. The quantitative estimate of drug-likeness (QED) is 0.518. The summed E-state index contributed by atoms with van der Waals surface area (Å²) < 4.78 is 16.7. The first kappa shape index (κ1) is 23.3. The number of rotatable bonds is 5. The van der Waals surface area contributed by atoms with Gasteiger partial charge < -0.3 is 16.2 Å². The molecule has 0 aliphatic carbocycles. The third kappa shape index (κ3) is 5.33. The van der Waals surface area contributed by atoms with Crippen molar-refractivity contribution in [3.05, 3.63) is 34.5 Å². The predicted octanol–water partition coefficient (Wildman–Crippen LogP) is 4.13. The molecule has 2 amide bonds. The molecule has 8 nitrogen and oxygen atoms in total. The Labute approximate surface area is 176 Å². The lowest BCUT2D eigenvalue weighted by atomic mass is 9.91. The molecular formula is C19H29N5O3S2. The Morgan fingerprint density at radius 3 is 2.38 bits per heavy atom. The van der Waals surface area contributed by atoms with Crippen LogP contribution in [0.2, 0.25) is 0 Å². The number of hydrogen-bond donors (Lipinski definition) is 4. The van der Waals surface area contributed by atoms with Crippen molar-refractivity contribution in [3.8, 4) is 0 Å². The van der Waals surface area contributed by atoms with Crippen LogP contribution in [0.15, 0.2) is 26.9 Å². The van der Waals surface area contributed by atoms with Crippen molar-refractivity contribution in [3.63, 3.8) is 0 Å². The lowest BCUT2D eigenvalue weighted by Gasteiger charge is -2.21. The summed E-state index contributed by atoms with van der Waals surface area (Å²) in [5.74, 6) is 0.184. The van der Waals surface area contributed by atoms with Crippen LogP contribution in [0.25, 0.3) is 0 Å². The van der Waals surface area contributed by atoms with Crippen molar-refractivity contribution in [1.82, 2.24) is 4.98 Å². The van der Waals surface area contributed by atoms with Crippen molar-refractivity contribution in [2.45, 2.75) is 63.2 Å². The Balaban J connectivity index is 2.46. The second-order valence-electron chi connectivity index (χ2n) is 7.98. The van der Waals surface area contributed by atoms with Crippen LogP contribution in [-0.2, 0) is 15.5 Å². The number of benzene rings is 1. The molecule has 6 N–H and O–H groups in total. The minimum Gasteiger partial charge on any atom is -0.398 e. The summed E-state index contributed by atoms with van der Waals surface area (Å²) in [6, 6.07) is 2.85. The number of nitrogens with one attached hydrogen (secondary N) is 1. The molecule has 1 atom stereocenters. The fourth-order valence-electron chi connectivity index (χ4n) is 2.87. The maximum atomic E-state index is 12.8. The number of carbonyl (C=O) groups is 1. The first-order valence-corrected chi connectivity index (χ1v) is 11.6. The molecule has 0 fully saturated rings. The van der Waals surface area contributed by atoms with Gasteiger partial charge in [0.15, 0.2) is 9.92 Å². The smallest absolute Gasteiger partial charge is 0.354 e. The van der Waals surface area contributed by atoms with Gasteiger partial charge in [-0.1, -0.05) is 33.8 Å². The van der Waals surface area contributed by atoms with E-state index in [1.165, 1.54) is 6.20 Å². The highest BCUT2D eigenvalue weighted by Crippen LogP contribution is 2.36. The van der Waals surface area contributed by atoms with Crippen LogP contribution >= 0.6 is 11.3 Å². The van der Waals surface area contributed by atoms with Crippen LogP contribution in [0.3, 0.4) is 0 Å². The molecule has 0 radical (unpaired) electrons. The van der Waals surface area contributed by atoms with Crippen molar-refractivity contribution in [2.24, 2.45) is 9.50 Å². The molecule has 0 saturated carbocycles. The first-order valence-electron chi connectivity index (χ1n) is 9.21. The number of amides is 2. The normalized spacial score (nSPS) is 14.1. The predicted molar refractivity (Wildman–Crippen MR) is 118 cm³/mol. The van der Waals surface area contributed by atoms with Gasteiger partial charge in [0.1, 0.15) is 14.8 Å². The van der Waals surface area contributed by atoms with E-state index in [2.05, 4.69) is 14.7 Å². The van der Waals surface area contributed by atoms with E-state index in [4.69, 9.17) is 10.9 Å². The van der Waals surface area contributed by atoms with E-state index in [-0.39, 0.29) is 16.0 Å². The minimum absolute atomic E-state index is 0.0575. The van der Waals surface area contributed by atoms with Crippen molar-refractivity contribution in [1.29, 1.82) is 0 Å². The van der Waals surface area contributed by atoms with Gasteiger partial charge in [-0.2, -0.15) is 0 Å². The Bertz CT molecular complexity index is 1030. The average Bonchev–Trinajstić information content (AvgIpc) is 3.04. The molecular weight excluding hydrogens is 410 g/mol. The molecule has 29 heavy (non-hydrogen) atoms. The Hall–Kier alpha value is -2.01. The topological polar surface area (TPSA) is 144 Å². The van der Waals surface area contributed by atoms with Crippen molar-refractivity contribution < 1.29 is 14.1 Å². The average molecular weight is 440 g/mol. The van der Waals surface area contributed by atoms with E-state index >= 15 is 0 Å². The zero-order valence-corrected chi connectivity index (χ0v) is 19.1. The van der Waals surface area contributed by atoms with Gasteiger partial charge in [-0.3, -0.25) is 0 Å². The summed E-state index contributed by atoms with van der Waals surface area (Å²) in [5, 5.41) is 18.9. The lowest BCUT2D eigenvalue weighted by molar-refractivity contribution is 0.0783. The number of urea groups is 1. The van der Waals surface area contributed by atoms with E-state index < -0.39 is 21.5 Å². The maximum Gasteiger partial charge on any atom is 0.354 e. The number of aliphatic hydroxyl groups is 1. The van der Waals surface area contributed by atoms with Crippen LogP contribution in [0, 0.1) is 0 Å². The number of nitrogens with two attached hydrogens (primary N) is 2. The number of nitrogens with zero attached hydrogens (tertiary/aromatic N) is 2. The Kier molecular flexibility index (Phi) is 6.73. The monoisotopic (exact) mass is 439 g/mol. The fourth-order valence-corrected chi connectivity index (χ4v) is 4.93. The second-order valence-corrected chi connectivity index (χ2v) is 11.0. The van der Waals surface area contributed by atoms with Gasteiger partial charge in [-0.25, -0.2) is 19.1 Å². The third-order valence-corrected chi connectivity index (χ3v) is 7.45. The molecule has 2 rings (SSSR count). The lowest BCUT2D eigenvalue weighted by Crippen LogP contribution is -2.19. The molecule has 0 aliphatic rings. The summed E-state index contributed by atoms with van der Waals surface area (Å²) in [7, 11) is -3.52. The van der Waals surface area contributed by atoms with E-state index in [1.54, 1.807) is 13.8 Å². The van der Waals surface area contributed by atoms with Crippen molar-refractivity contribution in [2.75, 3.05) is 11.1 Å². The van der Waals surface area contributed by atoms with Gasteiger partial charge in [-0.05, 0) is 37.3 Å². The van der Waals surface area contributed by atoms with Crippen molar-refractivity contribution >= 4 is 38.7 Å². The molecule has 0 spiro atoms. The highest BCUT2D eigenvalue weighted by atomic mass is 32.2. The number of carbonyl (C=O) groups excluding carboxylic acids is 1. The molecule has 0 aliphatic heterocycles. The SMILES string of the molecule is CC(C)c1ccc(N)c(C(C)C)c1NC(=O)N=S(N)(=O)c1cnc(C(C)(C)O)s1. The third-order valence-electron chi connectivity index (χ3n) is 4.26. The molecule has 160 valence electrons. The molecule has 2 aromatic rings. The first-order chi connectivity index (χ1) is 13.2. The van der Waals surface area contributed by atoms with Gasteiger partial charge in [-0.15, -0.1) is 15.7 Å². The van der Waals surface area contributed by atoms with Crippen LogP contribution in [0.5, 0.6) is 0 Å². The highest BCUT2D eigenvalue weighted by Gasteiger charge is 2.24. The molecule has 0 saturated heterocycles. The van der Waals surface area contributed by atoms with E-state index in [9.17, 15) is 14.1 Å². The second kappa shape index (κ2) is 8.39. The van der Waals surface area contributed by atoms with Crippen LogP contribution in [-0.4, -0.2) is 20.3 Å². The van der Waals surface area contributed by atoms with Crippen LogP contribution < -0.4 is 16.2 Å². The molecule has 1 aromatic heterocycles. The summed E-state index contributed by atoms with van der Waals surface area (Å²) in [6.07, 6.45) is 1.27. The minimum atomic E-state index is -3.52. The molecule has 1 aromatic carbocycles. The molecule has 1 unspecified atom stereocenters. The maximum absolute atomic E-state index is 12.8. The van der Waals surface area contributed by atoms with Gasteiger partial charge in [0.25, 0.3) is 0 Å². The highest BCUT2D eigenvalue weighted by molar-refractivity contribution is 7.93. The van der Waals surface area contributed by atoms with Crippen LogP contribution in [0.4, 0.5) is 16.2 Å². The number of aromatic nitrogens is 1.